The van der Waals surface area contributed by atoms with Gasteiger partial charge in [0.25, 0.3) is 0 Å². The number of aryl methyl sites for hydroxylation is 1. The minimum Gasteiger partial charge on any atom is -0.372 e. The maximum atomic E-state index is 9.48. The van der Waals surface area contributed by atoms with E-state index in [-0.39, 0.29) is 0 Å². The molecule has 116 valence electrons. The Morgan fingerprint density at radius 3 is 2.61 bits per heavy atom. The molecule has 0 aliphatic carbocycles. The van der Waals surface area contributed by atoms with Crippen LogP contribution in [0, 0.1) is 18.3 Å². The largest absolute Gasteiger partial charge is 0.372 e. The van der Waals surface area contributed by atoms with Crippen LogP contribution in [0.25, 0.3) is 11.6 Å². The smallest absolute Gasteiger partial charge is 0.0998 e. The van der Waals surface area contributed by atoms with E-state index in [0.29, 0.717) is 10.6 Å². The zero-order valence-electron chi connectivity index (χ0n) is 13.2. The van der Waals surface area contributed by atoms with E-state index in [0.717, 1.165) is 24.2 Å². The molecule has 3 heteroatoms. The summed E-state index contributed by atoms with van der Waals surface area (Å²) in [4.78, 5) is 2.42. The van der Waals surface area contributed by atoms with Crippen LogP contribution in [0.15, 0.2) is 42.5 Å². The molecular formula is C20H19ClN2. The maximum Gasteiger partial charge on any atom is 0.0998 e. The van der Waals surface area contributed by atoms with E-state index < -0.39 is 0 Å². The third-order valence-corrected chi connectivity index (χ3v) is 4.52. The Morgan fingerprint density at radius 1 is 1.17 bits per heavy atom. The molecule has 0 saturated carbocycles. The molecule has 1 saturated heterocycles. The van der Waals surface area contributed by atoms with Crippen molar-refractivity contribution in [3.8, 4) is 6.07 Å². The summed E-state index contributed by atoms with van der Waals surface area (Å²) in [7, 11) is 0. The third-order valence-electron chi connectivity index (χ3n) is 4.28. The summed E-state index contributed by atoms with van der Waals surface area (Å²) >= 11 is 6.03. The van der Waals surface area contributed by atoms with Crippen LogP contribution >= 0.6 is 11.6 Å². The number of anilines is 1. The van der Waals surface area contributed by atoms with Crippen LogP contribution in [0.2, 0.25) is 5.02 Å². The average molecular weight is 323 g/mol. The molecule has 0 radical (unpaired) electrons. The Labute approximate surface area is 142 Å². The van der Waals surface area contributed by atoms with Crippen molar-refractivity contribution >= 4 is 28.9 Å². The molecule has 2 nitrogen and oxygen atoms in total. The van der Waals surface area contributed by atoms with E-state index in [1.807, 2.05) is 30.3 Å². The quantitative estimate of drug-likeness (QED) is 0.565. The Hall–Kier alpha value is -2.24. The highest BCUT2D eigenvalue weighted by atomic mass is 35.5. The summed E-state index contributed by atoms with van der Waals surface area (Å²) in [6, 6.07) is 16.2. The first-order chi connectivity index (χ1) is 11.2. The van der Waals surface area contributed by atoms with Crippen LogP contribution in [-0.2, 0) is 0 Å². The van der Waals surface area contributed by atoms with Crippen LogP contribution in [0.5, 0.6) is 0 Å². The number of hydrogen-bond donors (Lipinski definition) is 0. The summed E-state index contributed by atoms with van der Waals surface area (Å²) in [5.41, 5.74) is 5.01. The molecule has 2 aromatic rings. The first kappa shape index (κ1) is 15.6. The topological polar surface area (TPSA) is 27.0 Å². The van der Waals surface area contributed by atoms with Crippen molar-refractivity contribution < 1.29 is 0 Å². The molecule has 2 aromatic carbocycles. The predicted molar refractivity (Wildman–Crippen MR) is 97.6 cm³/mol. The molecule has 0 atom stereocenters. The van der Waals surface area contributed by atoms with Gasteiger partial charge in [-0.3, -0.25) is 0 Å². The van der Waals surface area contributed by atoms with Crippen molar-refractivity contribution in [1.29, 1.82) is 5.26 Å². The summed E-state index contributed by atoms with van der Waals surface area (Å²) in [5, 5.41) is 10.1. The van der Waals surface area contributed by atoms with Gasteiger partial charge in [0.15, 0.2) is 0 Å². The summed E-state index contributed by atoms with van der Waals surface area (Å²) < 4.78 is 0. The van der Waals surface area contributed by atoms with Crippen molar-refractivity contribution in [2.24, 2.45) is 0 Å². The van der Waals surface area contributed by atoms with Gasteiger partial charge in [-0.15, -0.1) is 0 Å². The van der Waals surface area contributed by atoms with Crippen molar-refractivity contribution in [3.05, 3.63) is 64.2 Å². The molecule has 3 rings (SSSR count). The first-order valence-corrected chi connectivity index (χ1v) is 8.28. The number of nitrogens with zero attached hydrogens (tertiary/aromatic N) is 2. The summed E-state index contributed by atoms with van der Waals surface area (Å²) in [6.07, 6.45) is 4.48. The van der Waals surface area contributed by atoms with Gasteiger partial charge in [0.1, 0.15) is 0 Å². The summed E-state index contributed by atoms with van der Waals surface area (Å²) in [5.74, 6) is 0. The second-order valence-electron chi connectivity index (χ2n) is 5.92. The zero-order valence-corrected chi connectivity index (χ0v) is 14.0. The fourth-order valence-corrected chi connectivity index (χ4v) is 3.18. The SMILES string of the molecule is Cc1cc(N2CCCC2)ccc1/C=C(/C#N)c1cccc(Cl)c1. The highest BCUT2D eigenvalue weighted by molar-refractivity contribution is 6.30. The normalized spacial score (nSPS) is 14.8. The minimum absolute atomic E-state index is 0.629. The lowest BCUT2D eigenvalue weighted by Gasteiger charge is -2.18. The maximum absolute atomic E-state index is 9.48. The van der Waals surface area contributed by atoms with Gasteiger partial charge in [-0.05, 0) is 66.8 Å². The highest BCUT2D eigenvalue weighted by Gasteiger charge is 2.13. The van der Waals surface area contributed by atoms with Crippen molar-refractivity contribution in [2.45, 2.75) is 19.8 Å². The number of allylic oxidation sites excluding steroid dienone is 1. The molecule has 1 aliphatic heterocycles. The molecule has 23 heavy (non-hydrogen) atoms. The second kappa shape index (κ2) is 6.89. The Morgan fingerprint density at radius 2 is 1.96 bits per heavy atom. The van der Waals surface area contributed by atoms with Gasteiger partial charge < -0.3 is 4.90 Å². The van der Waals surface area contributed by atoms with E-state index in [9.17, 15) is 5.26 Å². The Balaban J connectivity index is 1.92. The van der Waals surface area contributed by atoms with E-state index >= 15 is 0 Å². The number of benzene rings is 2. The van der Waals surface area contributed by atoms with Gasteiger partial charge in [-0.25, -0.2) is 0 Å². The van der Waals surface area contributed by atoms with E-state index in [2.05, 4.69) is 36.1 Å². The molecule has 0 bridgehead atoms. The van der Waals surface area contributed by atoms with Crippen LogP contribution in [-0.4, -0.2) is 13.1 Å². The molecule has 1 aliphatic rings. The number of rotatable bonds is 3. The van der Waals surface area contributed by atoms with E-state index in [1.165, 1.54) is 24.1 Å². The fourth-order valence-electron chi connectivity index (χ4n) is 2.99. The van der Waals surface area contributed by atoms with Crippen LogP contribution in [0.1, 0.15) is 29.5 Å². The molecule has 0 aromatic heterocycles. The van der Waals surface area contributed by atoms with E-state index in [1.54, 1.807) is 0 Å². The Bertz CT molecular complexity index is 780. The van der Waals surface area contributed by atoms with E-state index in [4.69, 9.17) is 11.6 Å². The molecule has 1 heterocycles. The van der Waals surface area contributed by atoms with Crippen LogP contribution in [0.3, 0.4) is 0 Å². The van der Waals surface area contributed by atoms with Crippen molar-refractivity contribution in [1.82, 2.24) is 0 Å². The molecule has 0 amide bonds. The van der Waals surface area contributed by atoms with Gasteiger partial charge in [0.05, 0.1) is 11.6 Å². The molecular weight excluding hydrogens is 304 g/mol. The van der Waals surface area contributed by atoms with Gasteiger partial charge in [-0.2, -0.15) is 5.26 Å². The molecule has 0 N–H and O–H groups in total. The van der Waals surface area contributed by atoms with Crippen LogP contribution in [0.4, 0.5) is 5.69 Å². The van der Waals surface area contributed by atoms with Crippen LogP contribution < -0.4 is 4.90 Å². The standard InChI is InChI=1S/C20H19ClN2/c1-15-11-20(23-9-2-3-10-23)8-7-16(15)12-18(14-22)17-5-4-6-19(21)13-17/h4-8,11-13H,2-3,9-10H2,1H3/b18-12-. The molecule has 1 fully saturated rings. The number of nitriles is 1. The predicted octanol–water partition coefficient (Wildman–Crippen LogP) is 5.31. The molecule has 0 spiro atoms. The van der Waals surface area contributed by atoms with Crippen molar-refractivity contribution in [2.75, 3.05) is 18.0 Å². The lowest BCUT2D eigenvalue weighted by atomic mass is 10.0. The average Bonchev–Trinajstić information content (AvgIpc) is 3.08. The number of hydrogen-bond acceptors (Lipinski definition) is 2. The monoisotopic (exact) mass is 322 g/mol. The number of halogens is 1. The van der Waals surface area contributed by atoms with Gasteiger partial charge >= 0.3 is 0 Å². The van der Waals surface area contributed by atoms with Crippen molar-refractivity contribution in [3.63, 3.8) is 0 Å². The first-order valence-electron chi connectivity index (χ1n) is 7.91. The third kappa shape index (κ3) is 3.57. The fraction of sp³-hybridized carbons (Fsp3) is 0.250. The lowest BCUT2D eigenvalue weighted by Crippen LogP contribution is -2.17. The van der Waals surface area contributed by atoms with Gasteiger partial charge in [0.2, 0.25) is 0 Å². The zero-order chi connectivity index (χ0) is 16.2. The second-order valence-corrected chi connectivity index (χ2v) is 6.35. The Kier molecular flexibility index (Phi) is 4.69. The molecule has 0 unspecified atom stereocenters. The van der Waals surface area contributed by atoms with Gasteiger partial charge in [0, 0.05) is 23.8 Å². The summed E-state index contributed by atoms with van der Waals surface area (Å²) in [6.45, 7) is 4.37. The highest BCUT2D eigenvalue weighted by Crippen LogP contribution is 2.26. The lowest BCUT2D eigenvalue weighted by molar-refractivity contribution is 0.949. The van der Waals surface area contributed by atoms with Gasteiger partial charge in [-0.1, -0.05) is 29.8 Å². The minimum atomic E-state index is 0.629.